The Bertz CT molecular complexity index is 492. The van der Waals surface area contributed by atoms with Gasteiger partial charge in [-0.05, 0) is 36.6 Å². The summed E-state index contributed by atoms with van der Waals surface area (Å²) in [7, 11) is -3.47. The number of thioether (sulfide) groups is 1. The lowest BCUT2D eigenvalue weighted by atomic mass is 10.2. The molecule has 0 atom stereocenters. The zero-order chi connectivity index (χ0) is 13.6. The van der Waals surface area contributed by atoms with E-state index in [-0.39, 0.29) is 5.69 Å². The molecule has 0 saturated heterocycles. The highest BCUT2D eigenvalue weighted by molar-refractivity contribution is 7.98. The fourth-order valence-electron chi connectivity index (χ4n) is 1.36. The second-order valence-corrected chi connectivity index (χ2v) is 6.58. The van der Waals surface area contributed by atoms with Crippen LogP contribution in [-0.4, -0.2) is 33.2 Å². The van der Waals surface area contributed by atoms with Crippen molar-refractivity contribution in [2.75, 3.05) is 34.8 Å². The summed E-state index contributed by atoms with van der Waals surface area (Å²) in [6.07, 6.45) is 4.02. The molecular formula is C11H17FN2O2S2. The van der Waals surface area contributed by atoms with Crippen molar-refractivity contribution in [3.05, 3.63) is 24.0 Å². The van der Waals surface area contributed by atoms with Crippen LogP contribution in [0, 0.1) is 5.82 Å². The van der Waals surface area contributed by atoms with Crippen molar-refractivity contribution >= 4 is 33.2 Å². The smallest absolute Gasteiger partial charge is 0.229 e. The molecule has 102 valence electrons. The van der Waals surface area contributed by atoms with E-state index < -0.39 is 15.8 Å². The van der Waals surface area contributed by atoms with Gasteiger partial charge in [0.05, 0.1) is 11.9 Å². The van der Waals surface area contributed by atoms with Gasteiger partial charge >= 0.3 is 0 Å². The summed E-state index contributed by atoms with van der Waals surface area (Å²) < 4.78 is 37.7. The lowest BCUT2D eigenvalue weighted by Crippen LogP contribution is -2.11. The van der Waals surface area contributed by atoms with Crippen molar-refractivity contribution in [2.24, 2.45) is 0 Å². The van der Waals surface area contributed by atoms with Gasteiger partial charge in [0.15, 0.2) is 0 Å². The van der Waals surface area contributed by atoms with E-state index in [0.717, 1.165) is 25.0 Å². The van der Waals surface area contributed by atoms with E-state index in [9.17, 15) is 12.8 Å². The Balaban J connectivity index is 2.68. The Hall–Kier alpha value is -0.950. The third-order valence-electron chi connectivity index (χ3n) is 2.12. The van der Waals surface area contributed by atoms with Crippen LogP contribution >= 0.6 is 11.8 Å². The van der Waals surface area contributed by atoms with E-state index in [4.69, 9.17) is 0 Å². The van der Waals surface area contributed by atoms with Gasteiger partial charge in [-0.3, -0.25) is 4.72 Å². The van der Waals surface area contributed by atoms with Crippen molar-refractivity contribution in [2.45, 2.75) is 6.42 Å². The van der Waals surface area contributed by atoms with E-state index in [0.29, 0.717) is 5.69 Å². The van der Waals surface area contributed by atoms with Crippen LogP contribution in [0.1, 0.15) is 6.42 Å². The molecule has 2 N–H and O–H groups in total. The lowest BCUT2D eigenvalue weighted by molar-refractivity contribution is 0.604. The summed E-state index contributed by atoms with van der Waals surface area (Å²) >= 11 is 1.76. The number of nitrogens with one attached hydrogen (secondary N) is 2. The monoisotopic (exact) mass is 292 g/mol. The minimum Gasteiger partial charge on any atom is -0.385 e. The molecular weight excluding hydrogens is 275 g/mol. The van der Waals surface area contributed by atoms with Crippen LogP contribution in [0.15, 0.2) is 18.2 Å². The van der Waals surface area contributed by atoms with Crippen molar-refractivity contribution in [3.8, 4) is 0 Å². The molecule has 0 heterocycles. The Kier molecular flexibility index (Phi) is 5.74. The molecule has 0 unspecified atom stereocenters. The molecule has 1 aromatic carbocycles. The third-order valence-corrected chi connectivity index (χ3v) is 3.40. The van der Waals surface area contributed by atoms with Crippen molar-refractivity contribution in [1.82, 2.24) is 0 Å². The van der Waals surface area contributed by atoms with Gasteiger partial charge in [0, 0.05) is 12.2 Å². The summed E-state index contributed by atoms with van der Waals surface area (Å²) in [4.78, 5) is 0. The molecule has 7 heteroatoms. The molecule has 0 aliphatic rings. The maximum absolute atomic E-state index is 13.4. The first-order valence-electron chi connectivity index (χ1n) is 5.42. The molecule has 0 spiro atoms. The molecule has 18 heavy (non-hydrogen) atoms. The summed E-state index contributed by atoms with van der Waals surface area (Å²) in [5.74, 6) is 0.456. The van der Waals surface area contributed by atoms with E-state index in [1.165, 1.54) is 12.1 Å². The number of sulfonamides is 1. The maximum atomic E-state index is 13.4. The molecule has 1 rings (SSSR count). The highest BCUT2D eigenvalue weighted by Crippen LogP contribution is 2.20. The Labute approximate surface area is 111 Å². The predicted octanol–water partition coefficient (Wildman–Crippen LogP) is 2.36. The number of anilines is 2. The third kappa shape index (κ3) is 5.59. The van der Waals surface area contributed by atoms with Gasteiger partial charge < -0.3 is 5.32 Å². The zero-order valence-electron chi connectivity index (χ0n) is 10.4. The maximum Gasteiger partial charge on any atom is 0.229 e. The average molecular weight is 292 g/mol. The Morgan fingerprint density at radius 2 is 2.11 bits per heavy atom. The average Bonchev–Trinajstić information content (AvgIpc) is 2.27. The number of hydrogen-bond acceptors (Lipinski definition) is 4. The van der Waals surface area contributed by atoms with E-state index >= 15 is 0 Å². The Morgan fingerprint density at radius 3 is 2.72 bits per heavy atom. The van der Waals surface area contributed by atoms with Gasteiger partial charge in [-0.1, -0.05) is 0 Å². The van der Waals surface area contributed by atoms with Gasteiger partial charge in [0.2, 0.25) is 10.0 Å². The van der Waals surface area contributed by atoms with Crippen LogP contribution in [0.4, 0.5) is 15.8 Å². The van der Waals surface area contributed by atoms with Crippen LogP contribution < -0.4 is 10.0 Å². The standard InChI is InChI=1S/C11H17FN2O2S2/c1-17-7-3-6-13-9-4-5-10(12)11(8-9)14-18(2,15)16/h4-5,8,13-14H,3,6-7H2,1-2H3. The molecule has 0 amide bonds. The Morgan fingerprint density at radius 1 is 1.39 bits per heavy atom. The molecule has 0 saturated carbocycles. The normalized spacial score (nSPS) is 11.3. The van der Waals surface area contributed by atoms with E-state index in [1.54, 1.807) is 17.8 Å². The van der Waals surface area contributed by atoms with Crippen molar-refractivity contribution in [1.29, 1.82) is 0 Å². The molecule has 0 aliphatic heterocycles. The van der Waals surface area contributed by atoms with Gasteiger partial charge in [0.25, 0.3) is 0 Å². The second-order valence-electron chi connectivity index (χ2n) is 3.84. The summed E-state index contributed by atoms with van der Waals surface area (Å²) in [5.41, 5.74) is 0.663. The zero-order valence-corrected chi connectivity index (χ0v) is 12.0. The van der Waals surface area contributed by atoms with Gasteiger partial charge in [-0.2, -0.15) is 11.8 Å². The minimum absolute atomic E-state index is 0.0348. The topological polar surface area (TPSA) is 58.2 Å². The molecule has 0 aromatic heterocycles. The van der Waals surface area contributed by atoms with E-state index in [1.807, 2.05) is 6.26 Å². The van der Waals surface area contributed by atoms with Crippen LogP contribution in [0.25, 0.3) is 0 Å². The van der Waals surface area contributed by atoms with Crippen molar-refractivity contribution in [3.63, 3.8) is 0 Å². The van der Waals surface area contributed by atoms with Crippen LogP contribution in [-0.2, 0) is 10.0 Å². The van der Waals surface area contributed by atoms with E-state index in [2.05, 4.69) is 10.0 Å². The second kappa shape index (κ2) is 6.84. The quantitative estimate of drug-likeness (QED) is 0.758. The minimum atomic E-state index is -3.47. The molecule has 0 radical (unpaired) electrons. The SMILES string of the molecule is CSCCCNc1ccc(F)c(NS(C)(=O)=O)c1. The van der Waals surface area contributed by atoms with Crippen LogP contribution in [0.2, 0.25) is 0 Å². The van der Waals surface area contributed by atoms with Crippen LogP contribution in [0.5, 0.6) is 0 Å². The molecule has 1 aromatic rings. The first kappa shape index (κ1) is 15.1. The molecule has 4 nitrogen and oxygen atoms in total. The number of rotatable bonds is 7. The van der Waals surface area contributed by atoms with Gasteiger partial charge in [-0.25, -0.2) is 12.8 Å². The fourth-order valence-corrected chi connectivity index (χ4v) is 2.35. The first-order chi connectivity index (χ1) is 8.42. The predicted molar refractivity (Wildman–Crippen MR) is 76.4 cm³/mol. The highest BCUT2D eigenvalue weighted by Gasteiger charge is 2.08. The number of halogens is 1. The lowest BCUT2D eigenvalue weighted by Gasteiger charge is -2.10. The fraction of sp³-hybridized carbons (Fsp3) is 0.455. The van der Waals surface area contributed by atoms with Gasteiger partial charge in [-0.15, -0.1) is 0 Å². The number of benzene rings is 1. The molecule has 0 aliphatic carbocycles. The largest absolute Gasteiger partial charge is 0.385 e. The highest BCUT2D eigenvalue weighted by atomic mass is 32.2. The van der Waals surface area contributed by atoms with Crippen LogP contribution in [0.3, 0.4) is 0 Å². The summed E-state index contributed by atoms with van der Waals surface area (Å²) in [6, 6.07) is 4.28. The van der Waals surface area contributed by atoms with Crippen molar-refractivity contribution < 1.29 is 12.8 Å². The summed E-state index contributed by atoms with van der Waals surface area (Å²) in [5, 5.41) is 3.12. The first-order valence-corrected chi connectivity index (χ1v) is 8.71. The summed E-state index contributed by atoms with van der Waals surface area (Å²) in [6.45, 7) is 0.769. The number of hydrogen-bond donors (Lipinski definition) is 2. The van der Waals surface area contributed by atoms with Gasteiger partial charge in [0.1, 0.15) is 5.82 Å². The molecule has 0 fully saturated rings. The molecule has 0 bridgehead atoms.